The van der Waals surface area contributed by atoms with Crippen molar-refractivity contribution in [2.24, 2.45) is 0 Å². The molecule has 0 spiro atoms. The smallest absolute Gasteiger partial charge is 0.276 e. The van der Waals surface area contributed by atoms with Crippen LogP contribution in [0.4, 0.5) is 13.2 Å². The molecule has 1 saturated carbocycles. The number of alkyl halides is 2. The van der Waals surface area contributed by atoms with E-state index in [9.17, 15) is 18.0 Å². The Balaban J connectivity index is 1.66. The Kier molecular flexibility index (Phi) is 3.33. The van der Waals surface area contributed by atoms with Crippen molar-refractivity contribution in [2.75, 3.05) is 6.54 Å². The van der Waals surface area contributed by atoms with Gasteiger partial charge in [0.2, 0.25) is 5.89 Å². The Bertz CT molecular complexity index is 791. The molecule has 0 aromatic carbocycles. The summed E-state index contributed by atoms with van der Waals surface area (Å²) in [6, 6.07) is 1.29. The fourth-order valence-corrected chi connectivity index (χ4v) is 2.82. The number of carbonyl (C=O) groups is 1. The summed E-state index contributed by atoms with van der Waals surface area (Å²) >= 11 is 0. The second-order valence-corrected chi connectivity index (χ2v) is 6.11. The van der Waals surface area contributed by atoms with Gasteiger partial charge in [0.25, 0.3) is 11.8 Å². The van der Waals surface area contributed by atoms with Crippen LogP contribution in [0.15, 0.2) is 22.9 Å². The second kappa shape index (κ2) is 5.29. The normalized spacial score (nSPS) is 22.8. The van der Waals surface area contributed by atoms with Crippen molar-refractivity contribution in [2.45, 2.75) is 37.1 Å². The minimum absolute atomic E-state index is 0.0428. The molecular weight excluding hydrogens is 325 g/mol. The van der Waals surface area contributed by atoms with Crippen LogP contribution in [0.5, 0.6) is 0 Å². The first kappa shape index (κ1) is 15.1. The summed E-state index contributed by atoms with van der Waals surface area (Å²) in [6.07, 6.45) is 2.46. The Morgan fingerprint density at radius 1 is 1.38 bits per heavy atom. The summed E-state index contributed by atoms with van der Waals surface area (Å²) in [5, 5.41) is 3.80. The third-order valence-electron chi connectivity index (χ3n) is 4.18. The zero-order chi connectivity index (χ0) is 16.9. The molecule has 0 radical (unpaired) electrons. The molecule has 4 rings (SSSR count). The van der Waals surface area contributed by atoms with Crippen LogP contribution in [0.2, 0.25) is 0 Å². The number of hydrogen-bond donors (Lipinski definition) is 0. The molecule has 0 N–H and O–H groups in total. The Labute approximate surface area is 134 Å². The van der Waals surface area contributed by atoms with Gasteiger partial charge in [-0.25, -0.2) is 18.2 Å². The van der Waals surface area contributed by atoms with Gasteiger partial charge in [-0.2, -0.15) is 4.98 Å². The summed E-state index contributed by atoms with van der Waals surface area (Å²) in [5.74, 6) is -4.26. The molecule has 1 amide bonds. The molecule has 2 fully saturated rings. The highest BCUT2D eigenvalue weighted by Gasteiger charge is 2.50. The lowest BCUT2D eigenvalue weighted by atomic mass is 10.2. The van der Waals surface area contributed by atoms with E-state index >= 15 is 0 Å². The van der Waals surface area contributed by atoms with E-state index in [1.54, 1.807) is 0 Å². The Hall–Kier alpha value is -2.45. The molecule has 3 heterocycles. The van der Waals surface area contributed by atoms with E-state index in [0.717, 1.165) is 23.8 Å². The summed E-state index contributed by atoms with van der Waals surface area (Å²) < 4.78 is 46.6. The van der Waals surface area contributed by atoms with Crippen molar-refractivity contribution in [1.29, 1.82) is 0 Å². The van der Waals surface area contributed by atoms with Gasteiger partial charge in [-0.15, -0.1) is 0 Å². The van der Waals surface area contributed by atoms with E-state index in [1.165, 1.54) is 12.3 Å². The van der Waals surface area contributed by atoms with E-state index in [2.05, 4.69) is 15.1 Å². The van der Waals surface area contributed by atoms with Crippen LogP contribution in [0, 0.1) is 5.82 Å². The minimum Gasteiger partial charge on any atom is -0.337 e. The van der Waals surface area contributed by atoms with Crippen LogP contribution < -0.4 is 0 Å². The molecule has 0 unspecified atom stereocenters. The van der Waals surface area contributed by atoms with Crippen LogP contribution in [-0.2, 0) is 0 Å². The summed E-state index contributed by atoms with van der Waals surface area (Å²) in [4.78, 5) is 21.2. The average Bonchev–Trinajstić information content (AvgIpc) is 3.18. The molecule has 126 valence electrons. The lowest BCUT2D eigenvalue weighted by molar-refractivity contribution is 0.0115. The van der Waals surface area contributed by atoms with Crippen molar-refractivity contribution in [1.82, 2.24) is 20.0 Å². The standard InChI is InChI=1S/C15H13F3N4O2/c16-9-2-1-5-19-11(9)14(23)22-7-15(17,18)6-10(22)13-20-12(21-24-13)8-3-4-8/h1-2,5,8,10H,3-4,6-7H2/t10-/m0/s1. The number of rotatable bonds is 3. The third-order valence-corrected chi connectivity index (χ3v) is 4.18. The molecule has 0 bridgehead atoms. The second-order valence-electron chi connectivity index (χ2n) is 6.11. The molecule has 2 aromatic heterocycles. The van der Waals surface area contributed by atoms with Crippen molar-refractivity contribution in [3.05, 3.63) is 41.6 Å². The lowest BCUT2D eigenvalue weighted by Crippen LogP contribution is -2.34. The Morgan fingerprint density at radius 3 is 2.88 bits per heavy atom. The highest BCUT2D eigenvalue weighted by Crippen LogP contribution is 2.43. The van der Waals surface area contributed by atoms with E-state index < -0.39 is 42.3 Å². The number of pyridine rings is 1. The maximum atomic E-state index is 13.9. The van der Waals surface area contributed by atoms with Gasteiger partial charge in [0.05, 0.1) is 6.54 Å². The van der Waals surface area contributed by atoms with Gasteiger partial charge in [0.1, 0.15) is 6.04 Å². The molecule has 1 aliphatic carbocycles. The van der Waals surface area contributed by atoms with Gasteiger partial charge in [0.15, 0.2) is 17.3 Å². The fourth-order valence-electron chi connectivity index (χ4n) is 2.82. The topological polar surface area (TPSA) is 72.1 Å². The summed E-state index contributed by atoms with van der Waals surface area (Å²) in [5.41, 5.74) is -0.498. The summed E-state index contributed by atoms with van der Waals surface area (Å²) in [7, 11) is 0. The predicted octanol–water partition coefficient (Wildman–Crippen LogP) is 2.70. The van der Waals surface area contributed by atoms with Crippen LogP contribution in [0.25, 0.3) is 0 Å². The van der Waals surface area contributed by atoms with E-state index in [4.69, 9.17) is 4.52 Å². The van der Waals surface area contributed by atoms with Crippen molar-refractivity contribution >= 4 is 5.91 Å². The van der Waals surface area contributed by atoms with Gasteiger partial charge in [0, 0.05) is 18.5 Å². The predicted molar refractivity (Wildman–Crippen MR) is 73.8 cm³/mol. The molecular formula is C15H13F3N4O2. The molecule has 9 heteroatoms. The first-order valence-electron chi connectivity index (χ1n) is 7.57. The summed E-state index contributed by atoms with van der Waals surface area (Å²) in [6.45, 7) is -0.840. The molecule has 6 nitrogen and oxygen atoms in total. The van der Waals surface area contributed by atoms with Gasteiger partial charge in [-0.05, 0) is 25.0 Å². The van der Waals surface area contributed by atoms with Gasteiger partial charge < -0.3 is 9.42 Å². The first-order valence-corrected chi connectivity index (χ1v) is 7.57. The molecule has 2 aliphatic rings. The van der Waals surface area contributed by atoms with Crippen LogP contribution >= 0.6 is 0 Å². The van der Waals surface area contributed by atoms with Crippen molar-refractivity contribution < 1.29 is 22.5 Å². The van der Waals surface area contributed by atoms with Gasteiger partial charge >= 0.3 is 0 Å². The molecule has 1 aliphatic heterocycles. The van der Waals surface area contributed by atoms with Crippen molar-refractivity contribution in [3.63, 3.8) is 0 Å². The maximum Gasteiger partial charge on any atom is 0.276 e. The first-order chi connectivity index (χ1) is 11.4. The number of amides is 1. The van der Waals surface area contributed by atoms with E-state index in [-0.39, 0.29) is 11.8 Å². The number of nitrogens with zero attached hydrogens (tertiary/aromatic N) is 4. The van der Waals surface area contributed by atoms with Gasteiger partial charge in [-0.3, -0.25) is 4.79 Å². The number of halogens is 3. The molecule has 24 heavy (non-hydrogen) atoms. The van der Waals surface area contributed by atoms with Gasteiger partial charge in [-0.1, -0.05) is 5.16 Å². The number of hydrogen-bond acceptors (Lipinski definition) is 5. The number of likely N-dealkylation sites (tertiary alicyclic amines) is 1. The largest absolute Gasteiger partial charge is 0.337 e. The SMILES string of the molecule is O=C(c1ncccc1F)N1CC(F)(F)C[C@H]1c1nc(C2CC2)no1. The molecule has 1 saturated heterocycles. The van der Waals surface area contributed by atoms with Crippen molar-refractivity contribution in [3.8, 4) is 0 Å². The quantitative estimate of drug-likeness (QED) is 0.860. The molecule has 2 aromatic rings. The average molecular weight is 338 g/mol. The monoisotopic (exact) mass is 338 g/mol. The Morgan fingerprint density at radius 2 is 2.17 bits per heavy atom. The number of carbonyl (C=O) groups excluding carboxylic acids is 1. The van der Waals surface area contributed by atoms with Crippen LogP contribution in [0.3, 0.4) is 0 Å². The fraction of sp³-hybridized carbons (Fsp3) is 0.467. The molecule has 1 atom stereocenters. The highest BCUT2D eigenvalue weighted by atomic mass is 19.3. The number of aromatic nitrogens is 3. The zero-order valence-electron chi connectivity index (χ0n) is 12.5. The van der Waals surface area contributed by atoms with E-state index in [1.807, 2.05) is 0 Å². The minimum atomic E-state index is -3.11. The highest BCUT2D eigenvalue weighted by molar-refractivity contribution is 5.93. The zero-order valence-corrected chi connectivity index (χ0v) is 12.5. The van der Waals surface area contributed by atoms with Crippen LogP contribution in [0.1, 0.15) is 53.4 Å². The lowest BCUT2D eigenvalue weighted by Gasteiger charge is -2.20. The van der Waals surface area contributed by atoms with Crippen LogP contribution in [-0.4, -0.2) is 38.4 Å². The van der Waals surface area contributed by atoms with E-state index in [0.29, 0.717) is 5.82 Å². The maximum absolute atomic E-state index is 13.9. The third kappa shape index (κ3) is 2.63.